The molecular formula is C32H29N3O5S. The standard InChI is InChI=1S/C32H29N3O5S/c1-3-40-32(38)29-30(37)27(41-31(29)34-23-13-15-24(39-2)16-14-23)17-22-19-35(26-12-8-7-11-25(22)26)20-28(36)33-18-21-9-5-4-6-10-21/h4-17,19,37H,3,18,20H2,1-2H3,(H,33,36)/b27-17-,34-31?. The SMILES string of the molecule is CCOC(=O)C1=C(O)/C(=C/c2cn(CC(=O)NCc3ccccc3)c3ccccc23)SC1=Nc1ccc(OC)cc1. The first kappa shape index (κ1) is 27.8. The lowest BCUT2D eigenvalue weighted by Gasteiger charge is -2.07. The van der Waals surface area contributed by atoms with Crippen molar-refractivity contribution in [3.8, 4) is 5.75 Å². The van der Waals surface area contributed by atoms with E-state index in [9.17, 15) is 14.7 Å². The van der Waals surface area contributed by atoms with Crippen molar-refractivity contribution in [2.75, 3.05) is 13.7 Å². The Hall–Kier alpha value is -4.76. The van der Waals surface area contributed by atoms with Crippen LogP contribution in [0.3, 0.4) is 0 Å². The average Bonchev–Trinajstić information content (AvgIpc) is 3.49. The van der Waals surface area contributed by atoms with Crippen molar-refractivity contribution in [3.05, 3.63) is 112 Å². The number of nitrogens with one attached hydrogen (secondary N) is 1. The molecule has 0 radical (unpaired) electrons. The molecule has 3 aromatic carbocycles. The number of aliphatic hydroxyl groups excluding tert-OH is 1. The van der Waals surface area contributed by atoms with Crippen molar-refractivity contribution in [1.29, 1.82) is 0 Å². The zero-order valence-electron chi connectivity index (χ0n) is 22.7. The number of hydrogen-bond acceptors (Lipinski definition) is 7. The minimum Gasteiger partial charge on any atom is -0.506 e. The first-order valence-electron chi connectivity index (χ1n) is 13.1. The number of thioether (sulfide) groups is 1. The molecule has 208 valence electrons. The number of methoxy groups -OCH3 is 1. The fraction of sp³-hybridized carbons (Fsp3) is 0.156. The molecule has 41 heavy (non-hydrogen) atoms. The number of para-hydroxylation sites is 1. The van der Waals surface area contributed by atoms with Crippen LogP contribution in [-0.2, 0) is 27.4 Å². The third-order valence-electron chi connectivity index (χ3n) is 6.43. The topological polar surface area (TPSA) is 102 Å². The molecule has 0 saturated carbocycles. The maximum atomic E-state index is 12.8. The van der Waals surface area contributed by atoms with Crippen LogP contribution in [0.5, 0.6) is 5.75 Å². The van der Waals surface area contributed by atoms with Crippen molar-refractivity contribution in [2.45, 2.75) is 20.0 Å². The van der Waals surface area contributed by atoms with Gasteiger partial charge in [0.15, 0.2) is 0 Å². The van der Waals surface area contributed by atoms with E-state index in [2.05, 4.69) is 10.3 Å². The number of nitrogens with zero attached hydrogens (tertiary/aromatic N) is 2. The van der Waals surface area contributed by atoms with E-state index in [0.717, 1.165) is 22.0 Å². The van der Waals surface area contributed by atoms with Crippen LogP contribution in [0.1, 0.15) is 18.1 Å². The third kappa shape index (κ3) is 6.36. The Balaban J connectivity index is 1.45. The monoisotopic (exact) mass is 567 g/mol. The Morgan fingerprint density at radius 2 is 1.76 bits per heavy atom. The summed E-state index contributed by atoms with van der Waals surface area (Å²) in [5, 5.41) is 15.4. The lowest BCUT2D eigenvalue weighted by Crippen LogP contribution is -2.26. The molecular weight excluding hydrogens is 538 g/mol. The van der Waals surface area contributed by atoms with Gasteiger partial charge in [0.2, 0.25) is 5.91 Å². The summed E-state index contributed by atoms with van der Waals surface area (Å²) in [6.45, 7) is 2.44. The molecule has 1 aliphatic heterocycles. The van der Waals surface area contributed by atoms with Crippen LogP contribution in [0.15, 0.2) is 106 Å². The predicted molar refractivity (Wildman–Crippen MR) is 162 cm³/mol. The van der Waals surface area contributed by atoms with Gasteiger partial charge in [0.1, 0.15) is 28.7 Å². The highest BCUT2D eigenvalue weighted by atomic mass is 32.2. The maximum absolute atomic E-state index is 12.8. The Kier molecular flexibility index (Phi) is 8.55. The highest BCUT2D eigenvalue weighted by Gasteiger charge is 2.33. The van der Waals surface area contributed by atoms with Gasteiger partial charge in [-0.2, -0.15) is 0 Å². The van der Waals surface area contributed by atoms with Crippen LogP contribution in [-0.4, -0.2) is 40.3 Å². The molecule has 0 atom stereocenters. The fourth-order valence-corrected chi connectivity index (χ4v) is 5.46. The first-order chi connectivity index (χ1) is 20.0. The number of benzene rings is 3. The van der Waals surface area contributed by atoms with Gasteiger partial charge in [-0.15, -0.1) is 0 Å². The molecule has 9 heteroatoms. The largest absolute Gasteiger partial charge is 0.506 e. The summed E-state index contributed by atoms with van der Waals surface area (Å²) in [7, 11) is 1.58. The van der Waals surface area contributed by atoms with E-state index in [1.54, 1.807) is 44.4 Å². The van der Waals surface area contributed by atoms with Crippen molar-refractivity contribution in [2.24, 2.45) is 4.99 Å². The van der Waals surface area contributed by atoms with Crippen molar-refractivity contribution < 1.29 is 24.2 Å². The summed E-state index contributed by atoms with van der Waals surface area (Å²) in [4.78, 5) is 30.7. The summed E-state index contributed by atoms with van der Waals surface area (Å²) in [5.74, 6) is -0.281. The number of amides is 1. The number of carbonyl (C=O) groups excluding carboxylic acids is 2. The molecule has 0 unspecified atom stereocenters. The van der Waals surface area contributed by atoms with Gasteiger partial charge in [0, 0.05) is 29.2 Å². The molecule has 0 saturated heterocycles. The van der Waals surface area contributed by atoms with Crippen molar-refractivity contribution in [1.82, 2.24) is 9.88 Å². The molecule has 0 aliphatic carbocycles. The number of esters is 1. The van der Waals surface area contributed by atoms with Gasteiger partial charge in [-0.25, -0.2) is 9.79 Å². The molecule has 1 aliphatic rings. The molecule has 1 amide bonds. The van der Waals surface area contributed by atoms with E-state index in [1.807, 2.05) is 65.4 Å². The van der Waals surface area contributed by atoms with Crippen LogP contribution < -0.4 is 10.1 Å². The van der Waals surface area contributed by atoms with Crippen LogP contribution in [0.4, 0.5) is 5.69 Å². The van der Waals surface area contributed by atoms with E-state index in [4.69, 9.17) is 9.47 Å². The van der Waals surface area contributed by atoms with Crippen LogP contribution in [0.2, 0.25) is 0 Å². The molecule has 2 N–H and O–H groups in total. The number of rotatable bonds is 9. The summed E-state index contributed by atoms with van der Waals surface area (Å²) in [6.07, 6.45) is 3.67. The summed E-state index contributed by atoms with van der Waals surface area (Å²) < 4.78 is 12.3. The summed E-state index contributed by atoms with van der Waals surface area (Å²) in [5.41, 5.74) is 3.30. The quantitative estimate of drug-likeness (QED) is 0.235. The van der Waals surface area contributed by atoms with Gasteiger partial charge in [-0.3, -0.25) is 4.79 Å². The number of aromatic nitrogens is 1. The average molecular weight is 568 g/mol. The molecule has 0 fully saturated rings. The Labute approximate surface area is 242 Å². The van der Waals surface area contributed by atoms with E-state index >= 15 is 0 Å². The van der Waals surface area contributed by atoms with E-state index < -0.39 is 5.97 Å². The highest BCUT2D eigenvalue weighted by molar-refractivity contribution is 8.18. The van der Waals surface area contributed by atoms with Crippen molar-refractivity contribution >= 4 is 51.3 Å². The first-order valence-corrected chi connectivity index (χ1v) is 13.9. The number of fused-ring (bicyclic) bond motifs is 1. The number of carbonyl (C=O) groups is 2. The van der Waals surface area contributed by atoms with Crippen LogP contribution >= 0.6 is 11.8 Å². The number of hydrogen-bond donors (Lipinski definition) is 2. The van der Waals surface area contributed by atoms with E-state index in [1.165, 1.54) is 11.8 Å². The zero-order valence-corrected chi connectivity index (χ0v) is 23.5. The van der Waals surface area contributed by atoms with Gasteiger partial charge < -0.3 is 24.5 Å². The molecule has 8 nitrogen and oxygen atoms in total. The number of ether oxygens (including phenoxy) is 2. The van der Waals surface area contributed by atoms with Crippen LogP contribution in [0, 0.1) is 0 Å². The number of aliphatic hydroxyl groups is 1. The molecule has 1 aromatic heterocycles. The van der Waals surface area contributed by atoms with Gasteiger partial charge in [0.05, 0.1) is 24.3 Å². The summed E-state index contributed by atoms with van der Waals surface area (Å²) in [6, 6.07) is 24.6. The normalized spacial score (nSPS) is 15.1. The minimum atomic E-state index is -0.648. The van der Waals surface area contributed by atoms with Crippen molar-refractivity contribution in [3.63, 3.8) is 0 Å². The molecule has 0 spiro atoms. The third-order valence-corrected chi connectivity index (χ3v) is 7.45. The van der Waals surface area contributed by atoms with Crippen LogP contribution in [0.25, 0.3) is 17.0 Å². The Morgan fingerprint density at radius 1 is 1.02 bits per heavy atom. The molecule has 2 heterocycles. The van der Waals surface area contributed by atoms with E-state index in [-0.39, 0.29) is 30.4 Å². The number of aliphatic imine (C=N–C) groups is 1. The Morgan fingerprint density at radius 3 is 2.49 bits per heavy atom. The van der Waals surface area contributed by atoms with Gasteiger partial charge in [0.25, 0.3) is 0 Å². The molecule has 4 aromatic rings. The smallest absolute Gasteiger partial charge is 0.344 e. The minimum absolute atomic E-state index is 0.0166. The molecule has 0 bridgehead atoms. The highest BCUT2D eigenvalue weighted by Crippen LogP contribution is 2.41. The predicted octanol–water partition coefficient (Wildman–Crippen LogP) is 6.16. The Bertz CT molecular complexity index is 1670. The van der Waals surface area contributed by atoms with Gasteiger partial charge in [-0.1, -0.05) is 60.3 Å². The van der Waals surface area contributed by atoms with E-state index in [0.29, 0.717) is 27.9 Å². The second kappa shape index (κ2) is 12.6. The second-order valence-electron chi connectivity index (χ2n) is 9.16. The second-order valence-corrected chi connectivity index (χ2v) is 10.2. The lowest BCUT2D eigenvalue weighted by atomic mass is 10.1. The fourth-order valence-electron chi connectivity index (χ4n) is 4.44. The zero-order chi connectivity index (χ0) is 28.8. The maximum Gasteiger partial charge on any atom is 0.344 e. The summed E-state index contributed by atoms with van der Waals surface area (Å²) >= 11 is 1.18. The van der Waals surface area contributed by atoms with Gasteiger partial charge in [-0.05, 0) is 48.9 Å². The lowest BCUT2D eigenvalue weighted by molar-refractivity contribution is -0.138. The molecule has 5 rings (SSSR count). The van der Waals surface area contributed by atoms with Gasteiger partial charge >= 0.3 is 5.97 Å².